The van der Waals surface area contributed by atoms with E-state index in [2.05, 4.69) is 10.9 Å². The van der Waals surface area contributed by atoms with Crippen molar-refractivity contribution in [3.05, 3.63) is 95.1 Å². The molecule has 3 rings (SSSR count). The van der Waals surface area contributed by atoms with Crippen molar-refractivity contribution in [1.82, 2.24) is 10.9 Å². The standard InChI is InChI=1S/C24H24N2O4/c1-17-8-13-22(18(2)14-17)24(28)26-25-23(27)16-30-21-11-9-20(10-12-21)29-15-19-6-4-3-5-7-19/h3-14H,15-16H2,1-2H3,(H,25,27)(H,26,28). The van der Waals surface area contributed by atoms with E-state index in [0.717, 1.165) is 16.7 Å². The van der Waals surface area contributed by atoms with Crippen LogP contribution in [0.3, 0.4) is 0 Å². The van der Waals surface area contributed by atoms with Crippen molar-refractivity contribution >= 4 is 11.8 Å². The third-order valence-corrected chi connectivity index (χ3v) is 4.38. The van der Waals surface area contributed by atoms with E-state index < -0.39 is 5.91 Å². The minimum absolute atomic E-state index is 0.225. The SMILES string of the molecule is Cc1ccc(C(=O)NNC(=O)COc2ccc(OCc3ccccc3)cc2)c(C)c1. The number of hydrogen-bond donors (Lipinski definition) is 2. The molecular weight excluding hydrogens is 380 g/mol. The van der Waals surface area contributed by atoms with E-state index in [1.807, 2.05) is 56.3 Å². The van der Waals surface area contributed by atoms with Gasteiger partial charge in [0.1, 0.15) is 18.1 Å². The maximum atomic E-state index is 12.2. The third kappa shape index (κ3) is 6.10. The molecule has 0 radical (unpaired) electrons. The van der Waals surface area contributed by atoms with Gasteiger partial charge >= 0.3 is 0 Å². The van der Waals surface area contributed by atoms with Gasteiger partial charge in [0.05, 0.1) is 0 Å². The third-order valence-electron chi connectivity index (χ3n) is 4.38. The number of amides is 2. The number of rotatable bonds is 7. The Morgan fingerprint density at radius 2 is 1.47 bits per heavy atom. The summed E-state index contributed by atoms with van der Waals surface area (Å²) >= 11 is 0. The summed E-state index contributed by atoms with van der Waals surface area (Å²) in [6.45, 7) is 4.05. The lowest BCUT2D eigenvalue weighted by Crippen LogP contribution is -2.44. The first-order valence-corrected chi connectivity index (χ1v) is 9.57. The molecule has 0 aliphatic heterocycles. The van der Waals surface area contributed by atoms with E-state index in [0.29, 0.717) is 23.7 Å². The quantitative estimate of drug-likeness (QED) is 0.589. The van der Waals surface area contributed by atoms with E-state index in [-0.39, 0.29) is 12.5 Å². The van der Waals surface area contributed by atoms with Crippen LogP contribution in [-0.2, 0) is 11.4 Å². The molecule has 0 aliphatic carbocycles. The molecule has 0 aromatic heterocycles. The fourth-order valence-corrected chi connectivity index (χ4v) is 2.82. The zero-order valence-electron chi connectivity index (χ0n) is 17.0. The van der Waals surface area contributed by atoms with Crippen LogP contribution in [0.4, 0.5) is 0 Å². The molecule has 0 saturated heterocycles. The topological polar surface area (TPSA) is 76.7 Å². The molecule has 0 fully saturated rings. The van der Waals surface area contributed by atoms with Gasteiger partial charge in [-0.2, -0.15) is 0 Å². The number of carbonyl (C=O) groups is 2. The molecule has 0 spiro atoms. The maximum absolute atomic E-state index is 12.2. The Balaban J connectivity index is 1.41. The summed E-state index contributed by atoms with van der Waals surface area (Å²) in [4.78, 5) is 24.1. The van der Waals surface area contributed by atoms with E-state index in [9.17, 15) is 9.59 Å². The van der Waals surface area contributed by atoms with E-state index in [1.54, 1.807) is 30.3 Å². The summed E-state index contributed by atoms with van der Waals surface area (Å²) in [5.74, 6) is 0.396. The average molecular weight is 404 g/mol. The van der Waals surface area contributed by atoms with Crippen molar-refractivity contribution in [3.8, 4) is 11.5 Å². The molecule has 0 aliphatic rings. The number of ether oxygens (including phenoxy) is 2. The van der Waals surface area contributed by atoms with Gasteiger partial charge in [0.25, 0.3) is 11.8 Å². The molecule has 2 N–H and O–H groups in total. The Bertz CT molecular complexity index is 1000. The number of benzene rings is 3. The molecule has 0 saturated carbocycles. The molecule has 6 heteroatoms. The second kappa shape index (κ2) is 10.1. The Kier molecular flexibility index (Phi) is 7.05. The molecule has 0 atom stereocenters. The predicted octanol–water partition coefficient (Wildman–Crippen LogP) is 3.72. The van der Waals surface area contributed by atoms with Crippen LogP contribution in [0.2, 0.25) is 0 Å². The van der Waals surface area contributed by atoms with Crippen LogP contribution in [-0.4, -0.2) is 18.4 Å². The van der Waals surface area contributed by atoms with Crippen LogP contribution < -0.4 is 20.3 Å². The number of aryl methyl sites for hydroxylation is 2. The minimum Gasteiger partial charge on any atom is -0.489 e. The van der Waals surface area contributed by atoms with Gasteiger partial charge in [0.15, 0.2) is 6.61 Å². The first kappa shape index (κ1) is 20.9. The van der Waals surface area contributed by atoms with Gasteiger partial charge in [-0.15, -0.1) is 0 Å². The molecular formula is C24H24N2O4. The summed E-state index contributed by atoms with van der Waals surface area (Å²) in [5.41, 5.74) is 8.25. The summed E-state index contributed by atoms with van der Waals surface area (Å²) in [5, 5.41) is 0. The van der Waals surface area contributed by atoms with Crippen molar-refractivity contribution in [2.75, 3.05) is 6.61 Å². The van der Waals surface area contributed by atoms with Gasteiger partial charge < -0.3 is 9.47 Å². The first-order valence-electron chi connectivity index (χ1n) is 9.57. The second-order valence-corrected chi connectivity index (χ2v) is 6.86. The monoisotopic (exact) mass is 404 g/mol. The lowest BCUT2D eigenvalue weighted by molar-refractivity contribution is -0.123. The summed E-state index contributed by atoms with van der Waals surface area (Å²) in [6, 6.07) is 22.4. The van der Waals surface area contributed by atoms with E-state index in [1.165, 1.54) is 0 Å². The van der Waals surface area contributed by atoms with Crippen molar-refractivity contribution in [1.29, 1.82) is 0 Å². The van der Waals surface area contributed by atoms with Crippen LogP contribution in [0.25, 0.3) is 0 Å². The lowest BCUT2D eigenvalue weighted by atomic mass is 10.1. The molecule has 0 unspecified atom stereocenters. The molecule has 3 aromatic rings. The smallest absolute Gasteiger partial charge is 0.276 e. The summed E-state index contributed by atoms with van der Waals surface area (Å²) < 4.78 is 11.2. The Labute approximate surface area is 175 Å². The number of carbonyl (C=O) groups excluding carboxylic acids is 2. The van der Waals surface area contributed by atoms with Crippen LogP contribution in [0.15, 0.2) is 72.8 Å². The van der Waals surface area contributed by atoms with Gasteiger partial charge in [-0.25, -0.2) is 0 Å². The second-order valence-electron chi connectivity index (χ2n) is 6.86. The largest absolute Gasteiger partial charge is 0.489 e. The highest BCUT2D eigenvalue weighted by Crippen LogP contribution is 2.18. The van der Waals surface area contributed by atoms with Crippen molar-refractivity contribution in [2.45, 2.75) is 20.5 Å². The molecule has 0 heterocycles. The van der Waals surface area contributed by atoms with Crippen molar-refractivity contribution < 1.29 is 19.1 Å². The van der Waals surface area contributed by atoms with Gasteiger partial charge in [-0.3, -0.25) is 20.4 Å². The first-order chi connectivity index (χ1) is 14.5. The maximum Gasteiger partial charge on any atom is 0.276 e. The number of hydrazine groups is 1. The zero-order chi connectivity index (χ0) is 21.3. The molecule has 6 nitrogen and oxygen atoms in total. The molecule has 0 bridgehead atoms. The van der Waals surface area contributed by atoms with Crippen LogP contribution in [0.1, 0.15) is 27.0 Å². The molecule has 154 valence electrons. The molecule has 30 heavy (non-hydrogen) atoms. The van der Waals surface area contributed by atoms with Gasteiger partial charge in [0.2, 0.25) is 0 Å². The normalized spacial score (nSPS) is 10.2. The van der Waals surface area contributed by atoms with Gasteiger partial charge in [-0.05, 0) is 55.3 Å². The van der Waals surface area contributed by atoms with Crippen molar-refractivity contribution in [2.24, 2.45) is 0 Å². The Morgan fingerprint density at radius 3 is 2.13 bits per heavy atom. The van der Waals surface area contributed by atoms with Gasteiger partial charge in [0, 0.05) is 5.56 Å². The van der Waals surface area contributed by atoms with Gasteiger partial charge in [-0.1, -0.05) is 48.0 Å². The van der Waals surface area contributed by atoms with Crippen LogP contribution >= 0.6 is 0 Å². The highest BCUT2D eigenvalue weighted by Gasteiger charge is 2.10. The van der Waals surface area contributed by atoms with Crippen LogP contribution in [0.5, 0.6) is 11.5 Å². The summed E-state index contributed by atoms with van der Waals surface area (Å²) in [6.07, 6.45) is 0. The number of hydrogen-bond acceptors (Lipinski definition) is 4. The molecule has 3 aromatic carbocycles. The highest BCUT2D eigenvalue weighted by molar-refractivity contribution is 5.96. The fraction of sp³-hybridized carbons (Fsp3) is 0.167. The molecule has 2 amide bonds. The van der Waals surface area contributed by atoms with Crippen molar-refractivity contribution in [3.63, 3.8) is 0 Å². The average Bonchev–Trinajstić information content (AvgIpc) is 2.76. The number of nitrogens with one attached hydrogen (secondary N) is 2. The van der Waals surface area contributed by atoms with E-state index in [4.69, 9.17) is 9.47 Å². The summed E-state index contributed by atoms with van der Waals surface area (Å²) in [7, 11) is 0. The Hall–Kier alpha value is -3.80. The Morgan fingerprint density at radius 1 is 0.800 bits per heavy atom. The predicted molar refractivity (Wildman–Crippen MR) is 114 cm³/mol. The minimum atomic E-state index is -0.461. The lowest BCUT2D eigenvalue weighted by Gasteiger charge is -2.11. The highest BCUT2D eigenvalue weighted by atomic mass is 16.5. The van der Waals surface area contributed by atoms with E-state index >= 15 is 0 Å². The van der Waals surface area contributed by atoms with Crippen LogP contribution in [0, 0.1) is 13.8 Å². The zero-order valence-corrected chi connectivity index (χ0v) is 17.0. The fourth-order valence-electron chi connectivity index (χ4n) is 2.82.